The third-order valence-corrected chi connectivity index (χ3v) is 5.02. The lowest BCUT2D eigenvalue weighted by atomic mass is 10.0. The molecule has 0 aliphatic heterocycles. The first kappa shape index (κ1) is 23.5. The van der Waals surface area contributed by atoms with Crippen molar-refractivity contribution in [1.82, 2.24) is 4.90 Å². The van der Waals surface area contributed by atoms with Crippen molar-refractivity contribution in [3.63, 3.8) is 0 Å². The Balaban J connectivity index is 2.20. The second kappa shape index (κ2) is 9.84. The van der Waals surface area contributed by atoms with E-state index < -0.39 is 10.1 Å². The predicted molar refractivity (Wildman–Crippen MR) is 119 cm³/mol. The quantitative estimate of drug-likeness (QED) is 0.614. The first-order chi connectivity index (χ1) is 14.0. The minimum atomic E-state index is -3.71. The zero-order chi connectivity index (χ0) is 22.5. The molecule has 0 aromatic heterocycles. The van der Waals surface area contributed by atoms with Gasteiger partial charge in [-0.05, 0) is 55.2 Å². The molecule has 2 aromatic rings. The molecular formula is C22H30N2O5S. The molecule has 2 amide bonds. The number of ether oxygens (including phenoxy) is 1. The molecule has 0 radical (unpaired) electrons. The van der Waals surface area contributed by atoms with Gasteiger partial charge >= 0.3 is 16.1 Å². The van der Waals surface area contributed by atoms with E-state index in [4.69, 9.17) is 8.92 Å². The minimum Gasteiger partial charge on any atom is -0.493 e. The van der Waals surface area contributed by atoms with Crippen LogP contribution in [0.3, 0.4) is 0 Å². The Bertz CT molecular complexity index is 970. The summed E-state index contributed by atoms with van der Waals surface area (Å²) in [6.45, 7) is 8.34. The van der Waals surface area contributed by atoms with Gasteiger partial charge in [0, 0.05) is 18.3 Å². The van der Waals surface area contributed by atoms with Gasteiger partial charge in [0.05, 0.1) is 13.4 Å². The monoisotopic (exact) mass is 434 g/mol. The van der Waals surface area contributed by atoms with Crippen molar-refractivity contribution in [2.24, 2.45) is 0 Å². The van der Waals surface area contributed by atoms with Gasteiger partial charge in [-0.2, -0.15) is 8.42 Å². The van der Waals surface area contributed by atoms with Gasteiger partial charge in [-0.1, -0.05) is 32.0 Å². The van der Waals surface area contributed by atoms with Crippen LogP contribution in [0.5, 0.6) is 11.5 Å². The van der Waals surface area contributed by atoms with Crippen LogP contribution < -0.4 is 14.2 Å². The molecule has 1 N–H and O–H groups in total. The van der Waals surface area contributed by atoms with E-state index in [0.29, 0.717) is 22.9 Å². The van der Waals surface area contributed by atoms with Gasteiger partial charge < -0.3 is 19.1 Å². The summed E-state index contributed by atoms with van der Waals surface area (Å²) in [5, 5.41) is 2.92. The molecular weight excluding hydrogens is 404 g/mol. The molecule has 2 rings (SSSR count). The topological polar surface area (TPSA) is 84.9 Å². The predicted octanol–water partition coefficient (Wildman–Crippen LogP) is 4.60. The summed E-state index contributed by atoms with van der Waals surface area (Å²) >= 11 is 0. The molecule has 0 unspecified atom stereocenters. The van der Waals surface area contributed by atoms with Gasteiger partial charge in [-0.3, -0.25) is 0 Å². The maximum absolute atomic E-state index is 12.9. The van der Waals surface area contributed by atoms with Crippen LogP contribution in [0.1, 0.15) is 44.7 Å². The number of rotatable bonds is 8. The van der Waals surface area contributed by atoms with E-state index in [1.165, 1.54) is 12.7 Å². The fraction of sp³-hybridized carbons (Fsp3) is 0.409. The largest absolute Gasteiger partial charge is 0.493 e. The highest BCUT2D eigenvalue weighted by Gasteiger charge is 2.19. The molecule has 0 aliphatic rings. The van der Waals surface area contributed by atoms with Crippen molar-refractivity contribution in [3.8, 4) is 11.5 Å². The van der Waals surface area contributed by atoms with Crippen molar-refractivity contribution in [2.75, 3.05) is 18.7 Å². The molecule has 0 heterocycles. The highest BCUT2D eigenvalue weighted by atomic mass is 32.2. The Hall–Kier alpha value is -2.74. The van der Waals surface area contributed by atoms with E-state index >= 15 is 0 Å². The second-order valence-electron chi connectivity index (χ2n) is 7.70. The van der Waals surface area contributed by atoms with E-state index in [-0.39, 0.29) is 24.4 Å². The molecule has 0 saturated carbocycles. The number of urea groups is 1. The SMILES string of the molecule is COc1ccc(CN(C(=O)Nc2ccc(C(C)C)cc2)C(C)C)cc1OS(C)(=O)=O. The third-order valence-electron chi connectivity index (χ3n) is 4.53. The highest BCUT2D eigenvalue weighted by Crippen LogP contribution is 2.30. The van der Waals surface area contributed by atoms with Crippen LogP contribution in [-0.4, -0.2) is 38.8 Å². The number of methoxy groups -OCH3 is 1. The maximum Gasteiger partial charge on any atom is 0.322 e. The maximum atomic E-state index is 12.9. The third kappa shape index (κ3) is 6.66. The minimum absolute atomic E-state index is 0.0821. The number of nitrogens with zero attached hydrogens (tertiary/aromatic N) is 1. The summed E-state index contributed by atoms with van der Waals surface area (Å²) in [5.74, 6) is 0.807. The van der Waals surface area contributed by atoms with Crippen LogP contribution in [0.25, 0.3) is 0 Å². The normalized spacial score (nSPS) is 11.5. The second-order valence-corrected chi connectivity index (χ2v) is 9.28. The smallest absolute Gasteiger partial charge is 0.322 e. The van der Waals surface area contributed by atoms with E-state index in [0.717, 1.165) is 6.26 Å². The van der Waals surface area contributed by atoms with Gasteiger partial charge in [0.25, 0.3) is 0 Å². The van der Waals surface area contributed by atoms with Crippen LogP contribution in [0.2, 0.25) is 0 Å². The van der Waals surface area contributed by atoms with E-state index in [9.17, 15) is 13.2 Å². The number of hydrogen-bond acceptors (Lipinski definition) is 5. The lowest BCUT2D eigenvalue weighted by molar-refractivity contribution is 0.193. The van der Waals surface area contributed by atoms with Crippen molar-refractivity contribution in [3.05, 3.63) is 53.6 Å². The summed E-state index contributed by atoms with van der Waals surface area (Å²) in [4.78, 5) is 14.5. The molecule has 0 atom stereocenters. The van der Waals surface area contributed by atoms with E-state index in [1.807, 2.05) is 38.1 Å². The summed E-state index contributed by atoms with van der Waals surface area (Å²) in [7, 11) is -2.28. The lowest BCUT2D eigenvalue weighted by Gasteiger charge is -2.27. The van der Waals surface area contributed by atoms with Crippen molar-refractivity contribution < 1.29 is 22.1 Å². The van der Waals surface area contributed by atoms with Crippen LogP contribution in [-0.2, 0) is 16.7 Å². The van der Waals surface area contributed by atoms with Gasteiger partial charge in [0.2, 0.25) is 0 Å². The van der Waals surface area contributed by atoms with E-state index in [1.54, 1.807) is 23.1 Å². The number of nitrogens with one attached hydrogen (secondary N) is 1. The number of hydrogen-bond donors (Lipinski definition) is 1. The number of carbonyl (C=O) groups excluding carboxylic acids is 1. The number of benzene rings is 2. The standard InChI is InChI=1S/C22H30N2O5S/c1-15(2)18-8-10-19(11-9-18)23-22(25)24(16(3)4)14-17-7-12-20(28-5)21(13-17)29-30(6,26)27/h7-13,15-16H,14H2,1-6H3,(H,23,25). The molecule has 0 saturated heterocycles. The summed E-state index contributed by atoms with van der Waals surface area (Å²) in [5.41, 5.74) is 2.63. The van der Waals surface area contributed by atoms with E-state index in [2.05, 4.69) is 19.2 Å². The first-order valence-electron chi connectivity index (χ1n) is 9.74. The Kier molecular flexibility index (Phi) is 7.72. The first-order valence-corrected chi connectivity index (χ1v) is 11.6. The lowest BCUT2D eigenvalue weighted by Crippen LogP contribution is -2.39. The zero-order valence-electron chi connectivity index (χ0n) is 18.3. The Morgan fingerprint density at radius 1 is 1.03 bits per heavy atom. The molecule has 0 bridgehead atoms. The Labute approximate surface area is 179 Å². The fourth-order valence-electron chi connectivity index (χ4n) is 2.88. The fourth-order valence-corrected chi connectivity index (χ4v) is 3.34. The molecule has 0 spiro atoms. The van der Waals surface area contributed by atoms with Crippen molar-refractivity contribution in [2.45, 2.75) is 46.2 Å². The molecule has 8 heteroatoms. The van der Waals surface area contributed by atoms with Crippen molar-refractivity contribution in [1.29, 1.82) is 0 Å². The van der Waals surface area contributed by atoms with Gasteiger partial charge in [0.15, 0.2) is 11.5 Å². The highest BCUT2D eigenvalue weighted by molar-refractivity contribution is 7.86. The molecule has 164 valence electrons. The molecule has 30 heavy (non-hydrogen) atoms. The van der Waals surface area contributed by atoms with Gasteiger partial charge in [-0.15, -0.1) is 0 Å². The summed E-state index contributed by atoms with van der Waals surface area (Å²) in [6, 6.07) is 12.4. The van der Waals surface area contributed by atoms with Gasteiger partial charge in [0.1, 0.15) is 0 Å². The summed E-state index contributed by atoms with van der Waals surface area (Å²) < 4.78 is 33.3. The zero-order valence-corrected chi connectivity index (χ0v) is 19.1. The van der Waals surface area contributed by atoms with Crippen LogP contribution in [0.15, 0.2) is 42.5 Å². The average Bonchev–Trinajstić information content (AvgIpc) is 2.65. The Morgan fingerprint density at radius 2 is 1.67 bits per heavy atom. The average molecular weight is 435 g/mol. The molecule has 0 aliphatic carbocycles. The number of carbonyl (C=O) groups is 1. The van der Waals surface area contributed by atoms with Crippen LogP contribution in [0, 0.1) is 0 Å². The number of amides is 2. The summed E-state index contributed by atoms with van der Waals surface area (Å²) in [6.07, 6.45) is 0.970. The van der Waals surface area contributed by atoms with Crippen LogP contribution >= 0.6 is 0 Å². The van der Waals surface area contributed by atoms with Crippen LogP contribution in [0.4, 0.5) is 10.5 Å². The molecule has 7 nitrogen and oxygen atoms in total. The molecule has 0 fully saturated rings. The van der Waals surface area contributed by atoms with Gasteiger partial charge in [-0.25, -0.2) is 4.79 Å². The van der Waals surface area contributed by atoms with Crippen molar-refractivity contribution >= 4 is 21.8 Å². The number of anilines is 1. The Morgan fingerprint density at radius 3 is 2.17 bits per heavy atom. The molecule has 2 aromatic carbocycles.